The minimum Gasteiger partial charge on any atom is -0.493 e. The molecule has 2 aromatic heterocycles. The summed E-state index contributed by atoms with van der Waals surface area (Å²) in [6.45, 7) is 0. The average molecular weight is 377 g/mol. The van der Waals surface area contributed by atoms with E-state index < -0.39 is 0 Å². The summed E-state index contributed by atoms with van der Waals surface area (Å²) in [5, 5.41) is 4.11. The van der Waals surface area contributed by atoms with E-state index >= 15 is 0 Å². The summed E-state index contributed by atoms with van der Waals surface area (Å²) in [7, 11) is 4.74. The molecule has 0 radical (unpaired) electrons. The molecular formula is C20H19N5O3. The van der Waals surface area contributed by atoms with Gasteiger partial charge in [-0.2, -0.15) is 0 Å². The predicted molar refractivity (Wildman–Crippen MR) is 106 cm³/mol. The number of benzene rings is 2. The molecule has 4 aromatic rings. The lowest BCUT2D eigenvalue weighted by atomic mass is 10.2. The van der Waals surface area contributed by atoms with Crippen molar-refractivity contribution in [3.8, 4) is 22.9 Å². The number of hydrogen-bond donors (Lipinski definition) is 1. The number of rotatable bonds is 6. The van der Waals surface area contributed by atoms with Crippen molar-refractivity contribution in [3.63, 3.8) is 0 Å². The van der Waals surface area contributed by atoms with Gasteiger partial charge in [0.1, 0.15) is 6.33 Å². The van der Waals surface area contributed by atoms with Crippen molar-refractivity contribution in [2.45, 2.75) is 0 Å². The Morgan fingerprint density at radius 2 is 1.68 bits per heavy atom. The van der Waals surface area contributed by atoms with Gasteiger partial charge in [0.15, 0.2) is 17.3 Å². The molecule has 0 aliphatic heterocycles. The molecule has 0 saturated heterocycles. The van der Waals surface area contributed by atoms with Crippen LogP contribution < -0.4 is 19.5 Å². The van der Waals surface area contributed by atoms with Gasteiger partial charge in [0, 0.05) is 23.7 Å². The van der Waals surface area contributed by atoms with Crippen LogP contribution in [-0.2, 0) is 0 Å². The molecule has 0 atom stereocenters. The molecule has 0 spiro atoms. The molecule has 0 aliphatic rings. The normalized spacial score (nSPS) is 10.7. The summed E-state index contributed by atoms with van der Waals surface area (Å²) in [5.41, 5.74) is 1.68. The van der Waals surface area contributed by atoms with E-state index in [1.807, 2.05) is 47.2 Å². The lowest BCUT2D eigenvalue weighted by Gasteiger charge is -2.14. The van der Waals surface area contributed by atoms with E-state index in [1.165, 1.54) is 0 Å². The first-order chi connectivity index (χ1) is 13.7. The van der Waals surface area contributed by atoms with Gasteiger partial charge in [-0.15, -0.1) is 0 Å². The van der Waals surface area contributed by atoms with Crippen molar-refractivity contribution in [2.24, 2.45) is 0 Å². The van der Waals surface area contributed by atoms with Crippen LogP contribution in [0.4, 0.5) is 11.8 Å². The molecule has 0 aliphatic carbocycles. The maximum atomic E-state index is 5.41. The maximum Gasteiger partial charge on any atom is 0.228 e. The van der Waals surface area contributed by atoms with Gasteiger partial charge in [-0.25, -0.2) is 15.0 Å². The minimum atomic E-state index is 0.480. The molecular weight excluding hydrogens is 358 g/mol. The smallest absolute Gasteiger partial charge is 0.228 e. The van der Waals surface area contributed by atoms with Gasteiger partial charge < -0.3 is 24.1 Å². The zero-order chi connectivity index (χ0) is 19.5. The third-order valence-electron chi connectivity index (χ3n) is 4.26. The number of nitrogens with one attached hydrogen (secondary N) is 1. The van der Waals surface area contributed by atoms with E-state index in [0.29, 0.717) is 29.0 Å². The molecule has 0 bridgehead atoms. The quantitative estimate of drug-likeness (QED) is 0.550. The molecule has 1 N–H and O–H groups in total. The van der Waals surface area contributed by atoms with Crippen LogP contribution in [0.3, 0.4) is 0 Å². The molecule has 0 unspecified atom stereocenters. The molecule has 0 fully saturated rings. The fourth-order valence-corrected chi connectivity index (χ4v) is 2.89. The van der Waals surface area contributed by atoms with E-state index in [2.05, 4.69) is 20.3 Å². The summed E-state index contributed by atoms with van der Waals surface area (Å²) in [5.74, 6) is 2.77. The number of ether oxygens (including phenoxy) is 3. The third kappa shape index (κ3) is 3.27. The van der Waals surface area contributed by atoms with E-state index in [0.717, 1.165) is 16.6 Å². The molecule has 0 saturated carbocycles. The Kier molecular flexibility index (Phi) is 4.67. The highest BCUT2D eigenvalue weighted by molar-refractivity contribution is 5.78. The van der Waals surface area contributed by atoms with Crippen LogP contribution in [0.5, 0.6) is 17.2 Å². The Balaban J connectivity index is 1.63. The van der Waals surface area contributed by atoms with Crippen LogP contribution in [0.1, 0.15) is 0 Å². The number of anilines is 2. The predicted octanol–water partition coefficient (Wildman–Crippen LogP) is 3.58. The number of para-hydroxylation sites is 1. The Bertz CT molecular complexity index is 1100. The van der Waals surface area contributed by atoms with Crippen LogP contribution in [0.25, 0.3) is 16.6 Å². The second-order valence-corrected chi connectivity index (χ2v) is 5.93. The van der Waals surface area contributed by atoms with Crippen molar-refractivity contribution in [1.82, 2.24) is 19.5 Å². The van der Waals surface area contributed by atoms with E-state index in [-0.39, 0.29) is 0 Å². The molecule has 8 nitrogen and oxygen atoms in total. The molecule has 4 rings (SSSR count). The Hall–Kier alpha value is -3.81. The molecule has 0 amide bonds. The molecule has 28 heavy (non-hydrogen) atoms. The number of fused-ring (bicyclic) bond motifs is 1. The fraction of sp³-hybridized carbons (Fsp3) is 0.150. The Morgan fingerprint density at radius 3 is 2.39 bits per heavy atom. The zero-order valence-corrected chi connectivity index (χ0v) is 15.7. The first kappa shape index (κ1) is 17.6. The molecule has 2 heterocycles. The highest BCUT2D eigenvalue weighted by Crippen LogP contribution is 2.39. The summed E-state index contributed by atoms with van der Waals surface area (Å²) in [6, 6.07) is 11.5. The van der Waals surface area contributed by atoms with Gasteiger partial charge in [-0.1, -0.05) is 18.2 Å². The van der Waals surface area contributed by atoms with Gasteiger partial charge in [0.2, 0.25) is 11.7 Å². The van der Waals surface area contributed by atoms with Gasteiger partial charge in [0.25, 0.3) is 0 Å². The summed E-state index contributed by atoms with van der Waals surface area (Å²) < 4.78 is 18.0. The van der Waals surface area contributed by atoms with Crippen molar-refractivity contribution in [1.29, 1.82) is 0 Å². The summed E-state index contributed by atoms with van der Waals surface area (Å²) in [6.07, 6.45) is 5.30. The first-order valence-electron chi connectivity index (χ1n) is 8.55. The zero-order valence-electron chi connectivity index (χ0n) is 15.7. The van der Waals surface area contributed by atoms with Gasteiger partial charge in [0.05, 0.1) is 38.7 Å². The van der Waals surface area contributed by atoms with Crippen molar-refractivity contribution >= 4 is 22.7 Å². The first-order valence-corrected chi connectivity index (χ1v) is 8.55. The van der Waals surface area contributed by atoms with E-state index in [9.17, 15) is 0 Å². The SMILES string of the molecule is COc1cc(-n2cnc(Nc3ncc4ccccc4n3)c2)cc(OC)c1OC. The topological polar surface area (TPSA) is 83.3 Å². The number of imidazole rings is 1. The van der Waals surface area contributed by atoms with Crippen molar-refractivity contribution in [2.75, 3.05) is 26.6 Å². The van der Waals surface area contributed by atoms with Crippen LogP contribution in [0.2, 0.25) is 0 Å². The molecule has 8 heteroatoms. The van der Waals surface area contributed by atoms with Gasteiger partial charge >= 0.3 is 0 Å². The Labute approximate surface area is 161 Å². The van der Waals surface area contributed by atoms with E-state index in [1.54, 1.807) is 33.9 Å². The number of hydrogen-bond acceptors (Lipinski definition) is 7. The second kappa shape index (κ2) is 7.43. The van der Waals surface area contributed by atoms with Crippen LogP contribution in [-0.4, -0.2) is 40.8 Å². The van der Waals surface area contributed by atoms with E-state index in [4.69, 9.17) is 14.2 Å². The van der Waals surface area contributed by atoms with Gasteiger partial charge in [-0.05, 0) is 6.07 Å². The minimum absolute atomic E-state index is 0.480. The summed E-state index contributed by atoms with van der Waals surface area (Å²) >= 11 is 0. The second-order valence-electron chi connectivity index (χ2n) is 5.93. The standard InChI is InChI=1S/C20H19N5O3/c1-26-16-8-14(9-17(27-2)19(16)28-3)25-11-18(22-12-25)24-20-21-10-13-6-4-5-7-15(13)23-20/h4-12H,1-3H3,(H,21,23,24). The Morgan fingerprint density at radius 1 is 0.929 bits per heavy atom. The fourth-order valence-electron chi connectivity index (χ4n) is 2.89. The van der Waals surface area contributed by atoms with Crippen molar-refractivity contribution in [3.05, 3.63) is 55.1 Å². The lowest BCUT2D eigenvalue weighted by molar-refractivity contribution is 0.324. The molecule has 2 aromatic carbocycles. The van der Waals surface area contributed by atoms with Gasteiger partial charge in [-0.3, -0.25) is 0 Å². The third-order valence-corrected chi connectivity index (χ3v) is 4.26. The number of nitrogens with zero attached hydrogens (tertiary/aromatic N) is 4. The van der Waals surface area contributed by atoms with Crippen LogP contribution >= 0.6 is 0 Å². The molecule has 142 valence electrons. The monoisotopic (exact) mass is 377 g/mol. The lowest BCUT2D eigenvalue weighted by Crippen LogP contribution is -1.99. The van der Waals surface area contributed by atoms with Crippen molar-refractivity contribution < 1.29 is 14.2 Å². The van der Waals surface area contributed by atoms with Crippen LogP contribution in [0.15, 0.2) is 55.1 Å². The van der Waals surface area contributed by atoms with Crippen LogP contribution in [0, 0.1) is 0 Å². The highest BCUT2D eigenvalue weighted by atomic mass is 16.5. The summed E-state index contributed by atoms with van der Waals surface area (Å²) in [4.78, 5) is 13.2. The largest absolute Gasteiger partial charge is 0.493 e. The highest BCUT2D eigenvalue weighted by Gasteiger charge is 2.14. The number of methoxy groups -OCH3 is 3. The maximum absolute atomic E-state index is 5.41. The average Bonchev–Trinajstić information content (AvgIpc) is 3.21. The number of aromatic nitrogens is 4.